The van der Waals surface area contributed by atoms with Gasteiger partial charge in [-0.25, -0.2) is 4.98 Å². The lowest BCUT2D eigenvalue weighted by atomic mass is 10.1. The van der Waals surface area contributed by atoms with Crippen molar-refractivity contribution in [2.75, 3.05) is 11.9 Å². The molecular weight excluding hydrogens is 255 g/mol. The van der Waals surface area contributed by atoms with Gasteiger partial charge in [-0.1, -0.05) is 0 Å². The molecule has 1 aromatic rings. The minimum Gasteiger partial charge on any atom is -0.381 e. The number of hydrogen-bond acceptors (Lipinski definition) is 3. The molecule has 0 radical (unpaired) electrons. The zero-order valence-electron chi connectivity index (χ0n) is 10.8. The standard InChI is InChI=1S/C13H18F3N3/c1-9(7-10-3-2-6-17-10)19-11-4-5-12(18-8-11)13(14,15)16/h4-5,8-10,17,19H,2-3,6-7H2,1H3. The molecule has 0 bridgehead atoms. The van der Waals surface area contributed by atoms with Crippen molar-refractivity contribution in [3.63, 3.8) is 0 Å². The van der Waals surface area contributed by atoms with Crippen LogP contribution < -0.4 is 10.6 Å². The molecule has 0 saturated carbocycles. The summed E-state index contributed by atoms with van der Waals surface area (Å²) in [4.78, 5) is 3.43. The molecule has 0 aliphatic carbocycles. The zero-order chi connectivity index (χ0) is 13.9. The van der Waals surface area contributed by atoms with Gasteiger partial charge in [-0.2, -0.15) is 13.2 Å². The van der Waals surface area contributed by atoms with Gasteiger partial charge in [0.25, 0.3) is 0 Å². The Hall–Kier alpha value is -1.30. The van der Waals surface area contributed by atoms with E-state index in [4.69, 9.17) is 0 Å². The second-order valence-corrected chi connectivity index (χ2v) is 5.00. The lowest BCUT2D eigenvalue weighted by Gasteiger charge is -2.19. The lowest BCUT2D eigenvalue weighted by Crippen LogP contribution is -2.29. The first-order chi connectivity index (χ1) is 8.95. The molecule has 0 amide bonds. The maximum Gasteiger partial charge on any atom is 0.433 e. The van der Waals surface area contributed by atoms with E-state index in [2.05, 4.69) is 15.6 Å². The maximum absolute atomic E-state index is 12.4. The van der Waals surface area contributed by atoms with E-state index in [1.807, 2.05) is 6.92 Å². The van der Waals surface area contributed by atoms with Gasteiger partial charge in [-0.3, -0.25) is 0 Å². The number of pyridine rings is 1. The molecule has 1 fully saturated rings. The molecule has 6 heteroatoms. The Bertz CT molecular complexity index is 397. The highest BCUT2D eigenvalue weighted by Gasteiger charge is 2.32. The number of rotatable bonds is 4. The molecule has 1 saturated heterocycles. The Labute approximate surface area is 110 Å². The fourth-order valence-electron chi connectivity index (χ4n) is 2.38. The third-order valence-electron chi connectivity index (χ3n) is 3.27. The SMILES string of the molecule is CC(CC1CCCN1)Nc1ccc(C(F)(F)F)nc1. The fourth-order valence-corrected chi connectivity index (χ4v) is 2.38. The van der Waals surface area contributed by atoms with Crippen LogP contribution in [0.3, 0.4) is 0 Å². The van der Waals surface area contributed by atoms with Crippen LogP contribution in [0.2, 0.25) is 0 Å². The third-order valence-corrected chi connectivity index (χ3v) is 3.27. The van der Waals surface area contributed by atoms with Crippen LogP contribution >= 0.6 is 0 Å². The summed E-state index contributed by atoms with van der Waals surface area (Å²) >= 11 is 0. The number of alkyl halides is 3. The molecule has 0 spiro atoms. The van der Waals surface area contributed by atoms with E-state index in [0.717, 1.165) is 25.5 Å². The van der Waals surface area contributed by atoms with Crippen molar-refractivity contribution in [3.8, 4) is 0 Å². The molecule has 19 heavy (non-hydrogen) atoms. The van der Waals surface area contributed by atoms with Crippen molar-refractivity contribution < 1.29 is 13.2 Å². The third kappa shape index (κ3) is 4.09. The van der Waals surface area contributed by atoms with Gasteiger partial charge in [0.15, 0.2) is 0 Å². The fraction of sp³-hybridized carbons (Fsp3) is 0.615. The molecule has 106 valence electrons. The normalized spacial score (nSPS) is 21.4. The Balaban J connectivity index is 1.88. The molecule has 2 unspecified atom stereocenters. The highest BCUT2D eigenvalue weighted by Crippen LogP contribution is 2.28. The molecule has 1 aromatic heterocycles. The molecule has 1 aliphatic heterocycles. The zero-order valence-corrected chi connectivity index (χ0v) is 10.8. The summed E-state index contributed by atoms with van der Waals surface area (Å²) in [5.74, 6) is 0. The average Bonchev–Trinajstić information content (AvgIpc) is 2.81. The van der Waals surface area contributed by atoms with Gasteiger partial charge in [-0.05, 0) is 44.9 Å². The number of aromatic nitrogens is 1. The van der Waals surface area contributed by atoms with Crippen molar-refractivity contribution >= 4 is 5.69 Å². The van der Waals surface area contributed by atoms with Crippen LogP contribution in [-0.4, -0.2) is 23.6 Å². The van der Waals surface area contributed by atoms with Crippen molar-refractivity contribution in [1.29, 1.82) is 0 Å². The van der Waals surface area contributed by atoms with Gasteiger partial charge < -0.3 is 10.6 Å². The summed E-state index contributed by atoms with van der Waals surface area (Å²) in [6.07, 6.45) is 0.177. The van der Waals surface area contributed by atoms with E-state index >= 15 is 0 Å². The summed E-state index contributed by atoms with van der Waals surface area (Å²) in [5.41, 5.74) is -0.235. The molecule has 2 heterocycles. The number of nitrogens with one attached hydrogen (secondary N) is 2. The first-order valence-corrected chi connectivity index (χ1v) is 6.48. The van der Waals surface area contributed by atoms with Crippen molar-refractivity contribution in [3.05, 3.63) is 24.0 Å². The Kier molecular flexibility index (Phi) is 4.29. The van der Waals surface area contributed by atoms with Gasteiger partial charge in [0.1, 0.15) is 5.69 Å². The van der Waals surface area contributed by atoms with Crippen LogP contribution in [-0.2, 0) is 6.18 Å². The highest BCUT2D eigenvalue weighted by atomic mass is 19.4. The Morgan fingerprint density at radius 2 is 2.26 bits per heavy atom. The number of halogens is 3. The molecular formula is C13H18F3N3. The minimum atomic E-state index is -4.38. The Morgan fingerprint density at radius 3 is 2.79 bits per heavy atom. The first kappa shape index (κ1) is 14.1. The summed E-state index contributed by atoms with van der Waals surface area (Å²) < 4.78 is 37.1. The lowest BCUT2D eigenvalue weighted by molar-refractivity contribution is -0.141. The average molecular weight is 273 g/mol. The van der Waals surface area contributed by atoms with E-state index in [1.165, 1.54) is 18.7 Å². The second-order valence-electron chi connectivity index (χ2n) is 5.00. The van der Waals surface area contributed by atoms with Crippen LogP contribution in [0, 0.1) is 0 Å². The number of hydrogen-bond donors (Lipinski definition) is 2. The van der Waals surface area contributed by atoms with Crippen LogP contribution in [0.1, 0.15) is 31.9 Å². The van der Waals surface area contributed by atoms with E-state index in [0.29, 0.717) is 11.7 Å². The molecule has 2 N–H and O–H groups in total. The molecule has 3 nitrogen and oxygen atoms in total. The van der Waals surface area contributed by atoms with Crippen molar-refractivity contribution in [2.45, 2.75) is 44.4 Å². The van der Waals surface area contributed by atoms with Crippen molar-refractivity contribution in [2.24, 2.45) is 0 Å². The maximum atomic E-state index is 12.4. The number of anilines is 1. The second kappa shape index (κ2) is 5.77. The minimum absolute atomic E-state index is 0.203. The predicted octanol–water partition coefficient (Wildman–Crippen LogP) is 3.04. The first-order valence-electron chi connectivity index (χ1n) is 6.48. The van der Waals surface area contributed by atoms with Crippen LogP contribution in [0.5, 0.6) is 0 Å². The van der Waals surface area contributed by atoms with Gasteiger partial charge in [0.05, 0.1) is 11.9 Å². The number of nitrogens with zero attached hydrogens (tertiary/aromatic N) is 1. The topological polar surface area (TPSA) is 37.0 Å². The summed E-state index contributed by atoms with van der Waals surface area (Å²) in [6.45, 7) is 3.08. The van der Waals surface area contributed by atoms with Gasteiger partial charge in [0, 0.05) is 12.1 Å². The Morgan fingerprint density at radius 1 is 1.47 bits per heavy atom. The van der Waals surface area contributed by atoms with E-state index in [-0.39, 0.29) is 6.04 Å². The molecule has 1 aliphatic rings. The van der Waals surface area contributed by atoms with Crippen molar-refractivity contribution in [1.82, 2.24) is 10.3 Å². The van der Waals surface area contributed by atoms with E-state index in [1.54, 1.807) is 0 Å². The quantitative estimate of drug-likeness (QED) is 0.885. The van der Waals surface area contributed by atoms with Crippen LogP contribution in [0.25, 0.3) is 0 Å². The molecule has 2 rings (SSSR count). The summed E-state index contributed by atoms with van der Waals surface area (Å²) in [7, 11) is 0. The highest BCUT2D eigenvalue weighted by molar-refractivity contribution is 5.42. The van der Waals surface area contributed by atoms with Crippen LogP contribution in [0.15, 0.2) is 18.3 Å². The summed E-state index contributed by atoms with van der Waals surface area (Å²) in [6, 6.07) is 3.14. The largest absolute Gasteiger partial charge is 0.433 e. The van der Waals surface area contributed by atoms with E-state index in [9.17, 15) is 13.2 Å². The molecule has 0 aromatic carbocycles. The monoisotopic (exact) mass is 273 g/mol. The van der Waals surface area contributed by atoms with Crippen LogP contribution in [0.4, 0.5) is 18.9 Å². The predicted molar refractivity (Wildman–Crippen MR) is 68.0 cm³/mol. The van der Waals surface area contributed by atoms with E-state index < -0.39 is 11.9 Å². The van der Waals surface area contributed by atoms with Gasteiger partial charge in [0.2, 0.25) is 0 Å². The molecule has 2 atom stereocenters. The van der Waals surface area contributed by atoms with Gasteiger partial charge in [-0.15, -0.1) is 0 Å². The van der Waals surface area contributed by atoms with Gasteiger partial charge >= 0.3 is 6.18 Å². The summed E-state index contributed by atoms with van der Waals surface area (Å²) in [5, 5.41) is 6.58. The smallest absolute Gasteiger partial charge is 0.381 e.